The summed E-state index contributed by atoms with van der Waals surface area (Å²) in [5.74, 6) is -0.343. The smallest absolute Gasteiger partial charge is 0.270 e. The van der Waals surface area contributed by atoms with Crippen LogP contribution in [0.15, 0.2) is 24.3 Å². The minimum absolute atomic E-state index is 0.0856. The number of carbonyl (C=O) groups is 1. The van der Waals surface area contributed by atoms with Crippen LogP contribution in [0.1, 0.15) is 10.4 Å². The van der Waals surface area contributed by atoms with Gasteiger partial charge in [-0.2, -0.15) is 0 Å². The van der Waals surface area contributed by atoms with Crippen LogP contribution >= 0.6 is 22.9 Å². The maximum absolute atomic E-state index is 11.0. The highest BCUT2D eigenvalue weighted by Crippen LogP contribution is 2.12. The van der Waals surface area contributed by atoms with Crippen LogP contribution in [-0.4, -0.2) is 10.8 Å². The molecule has 0 atom stereocenters. The van der Waals surface area contributed by atoms with Crippen LogP contribution in [0.3, 0.4) is 0 Å². The van der Waals surface area contributed by atoms with E-state index in [1.807, 2.05) is 0 Å². The molecule has 0 aliphatic rings. The lowest BCUT2D eigenvalue weighted by Gasteiger charge is -1.96. The largest absolute Gasteiger partial charge is 0.295 e. The fourth-order valence-corrected chi connectivity index (χ4v) is 1.13. The van der Waals surface area contributed by atoms with Gasteiger partial charge in [-0.15, -0.1) is 0 Å². The summed E-state index contributed by atoms with van der Waals surface area (Å²) in [5.41, 5.74) is 0.195. The number of nitro groups is 1. The fourth-order valence-electron chi connectivity index (χ4n) is 0.815. The third-order valence-corrected chi connectivity index (χ3v) is 1.89. The molecule has 0 heterocycles. The lowest BCUT2D eigenvalue weighted by molar-refractivity contribution is -0.384. The Hall–Kier alpha value is -1.18. The van der Waals surface area contributed by atoms with Crippen molar-refractivity contribution in [1.82, 2.24) is 3.53 Å². The highest BCUT2D eigenvalue weighted by atomic mass is 127. The second-order valence-electron chi connectivity index (χ2n) is 2.23. The predicted octanol–water partition coefficient (Wildman–Crippen LogP) is 1.67. The van der Waals surface area contributed by atoms with E-state index < -0.39 is 4.92 Å². The molecule has 1 aromatic rings. The lowest BCUT2D eigenvalue weighted by atomic mass is 10.2. The van der Waals surface area contributed by atoms with Crippen molar-refractivity contribution < 1.29 is 9.72 Å². The van der Waals surface area contributed by atoms with E-state index in [1.165, 1.54) is 24.3 Å². The average Bonchev–Trinajstić information content (AvgIpc) is 2.17. The van der Waals surface area contributed by atoms with Gasteiger partial charge in [-0.1, -0.05) is 6.07 Å². The molecule has 1 aromatic carbocycles. The average molecular weight is 292 g/mol. The molecular weight excluding hydrogens is 287 g/mol. The zero-order valence-electron chi connectivity index (χ0n) is 6.36. The summed E-state index contributed by atoms with van der Waals surface area (Å²) < 4.78 is 2.36. The molecule has 1 amide bonds. The highest BCUT2D eigenvalue weighted by molar-refractivity contribution is 14.1. The van der Waals surface area contributed by atoms with Gasteiger partial charge in [0.05, 0.1) is 27.8 Å². The first-order valence-corrected chi connectivity index (χ1v) is 4.38. The summed E-state index contributed by atoms with van der Waals surface area (Å²) in [5, 5.41) is 10.3. The van der Waals surface area contributed by atoms with Gasteiger partial charge in [-0.25, -0.2) is 0 Å². The molecule has 1 N–H and O–H groups in total. The summed E-state index contributed by atoms with van der Waals surface area (Å²) in [4.78, 5) is 20.8. The van der Waals surface area contributed by atoms with Gasteiger partial charge >= 0.3 is 0 Å². The number of rotatable bonds is 2. The van der Waals surface area contributed by atoms with E-state index in [4.69, 9.17) is 0 Å². The molecule has 0 aromatic heterocycles. The first-order valence-electron chi connectivity index (χ1n) is 3.30. The Morgan fingerprint density at radius 1 is 1.54 bits per heavy atom. The van der Waals surface area contributed by atoms with Crippen LogP contribution in [0.25, 0.3) is 0 Å². The van der Waals surface area contributed by atoms with Gasteiger partial charge in [0.1, 0.15) is 0 Å². The Morgan fingerprint density at radius 2 is 2.23 bits per heavy atom. The molecule has 0 saturated heterocycles. The number of benzene rings is 1. The molecule has 13 heavy (non-hydrogen) atoms. The summed E-state index contributed by atoms with van der Waals surface area (Å²) in [6.07, 6.45) is 0. The molecule has 0 radical (unpaired) electrons. The van der Waals surface area contributed by atoms with Crippen molar-refractivity contribution in [3.63, 3.8) is 0 Å². The van der Waals surface area contributed by atoms with E-state index in [0.29, 0.717) is 0 Å². The van der Waals surface area contributed by atoms with Crippen molar-refractivity contribution in [1.29, 1.82) is 0 Å². The van der Waals surface area contributed by atoms with E-state index >= 15 is 0 Å². The van der Waals surface area contributed by atoms with Gasteiger partial charge < -0.3 is 0 Å². The van der Waals surface area contributed by atoms with Crippen molar-refractivity contribution >= 4 is 34.5 Å². The second-order valence-corrected chi connectivity index (χ2v) is 2.77. The summed E-state index contributed by atoms with van der Waals surface area (Å²) in [6.45, 7) is 0. The quantitative estimate of drug-likeness (QED) is 0.390. The van der Waals surface area contributed by atoms with Gasteiger partial charge in [0.2, 0.25) is 0 Å². The topological polar surface area (TPSA) is 72.2 Å². The molecule has 0 spiro atoms. The number of nitrogens with one attached hydrogen (secondary N) is 1. The third kappa shape index (κ3) is 2.38. The number of nitrogens with zero attached hydrogens (tertiary/aromatic N) is 1. The van der Waals surface area contributed by atoms with Crippen LogP contribution in [0.4, 0.5) is 5.69 Å². The molecule has 68 valence electrons. The van der Waals surface area contributed by atoms with Gasteiger partial charge in [0, 0.05) is 17.7 Å². The molecule has 5 nitrogen and oxygen atoms in total. The monoisotopic (exact) mass is 292 g/mol. The fraction of sp³-hybridized carbons (Fsp3) is 0. The number of nitro benzene ring substituents is 1. The minimum Gasteiger partial charge on any atom is -0.295 e. The van der Waals surface area contributed by atoms with Gasteiger partial charge in [-0.3, -0.25) is 18.4 Å². The first-order chi connectivity index (χ1) is 6.15. The number of hydrogen-bond acceptors (Lipinski definition) is 3. The van der Waals surface area contributed by atoms with Crippen LogP contribution in [0.5, 0.6) is 0 Å². The van der Waals surface area contributed by atoms with Crippen LogP contribution in [0.2, 0.25) is 0 Å². The van der Waals surface area contributed by atoms with Crippen LogP contribution in [-0.2, 0) is 0 Å². The van der Waals surface area contributed by atoms with E-state index in [1.54, 1.807) is 22.9 Å². The Kier molecular flexibility index (Phi) is 3.18. The van der Waals surface area contributed by atoms with Gasteiger partial charge in [-0.05, 0) is 6.07 Å². The van der Waals surface area contributed by atoms with Crippen molar-refractivity contribution in [3.05, 3.63) is 39.9 Å². The standard InChI is InChI=1S/C7H5IN2O3/c8-9-7(11)5-2-1-3-6(4-5)10(12)13/h1-4H,(H,9,11). The maximum atomic E-state index is 11.0. The van der Waals surface area contributed by atoms with E-state index in [0.717, 1.165) is 0 Å². The Labute approximate surface area is 87.8 Å². The summed E-state index contributed by atoms with van der Waals surface area (Å²) in [7, 11) is 0. The molecular formula is C7H5IN2O3. The molecule has 0 aliphatic heterocycles. The third-order valence-electron chi connectivity index (χ3n) is 1.40. The summed E-state index contributed by atoms with van der Waals surface area (Å²) in [6, 6.07) is 5.55. The SMILES string of the molecule is O=C(NI)c1cccc([N+](=O)[O-])c1. The molecule has 0 fully saturated rings. The molecule has 0 saturated carbocycles. The summed E-state index contributed by atoms with van der Waals surface area (Å²) >= 11 is 1.68. The van der Waals surface area contributed by atoms with Crippen LogP contribution < -0.4 is 3.53 Å². The van der Waals surface area contributed by atoms with Gasteiger partial charge in [0.15, 0.2) is 0 Å². The normalized spacial score (nSPS) is 9.31. The van der Waals surface area contributed by atoms with Crippen molar-refractivity contribution in [2.24, 2.45) is 0 Å². The van der Waals surface area contributed by atoms with Crippen molar-refractivity contribution in [2.75, 3.05) is 0 Å². The zero-order chi connectivity index (χ0) is 9.84. The molecule has 1 rings (SSSR count). The molecule has 6 heteroatoms. The Bertz CT molecular complexity index is 353. The highest BCUT2D eigenvalue weighted by Gasteiger charge is 2.09. The molecule has 0 unspecified atom stereocenters. The molecule has 0 bridgehead atoms. The van der Waals surface area contributed by atoms with Crippen LogP contribution in [0, 0.1) is 10.1 Å². The lowest BCUT2D eigenvalue weighted by Crippen LogP contribution is -2.11. The van der Waals surface area contributed by atoms with Crippen molar-refractivity contribution in [3.8, 4) is 0 Å². The number of hydrogen-bond donors (Lipinski definition) is 1. The minimum atomic E-state index is -0.538. The number of carbonyl (C=O) groups excluding carboxylic acids is 1. The predicted molar refractivity (Wildman–Crippen MR) is 54.6 cm³/mol. The zero-order valence-corrected chi connectivity index (χ0v) is 8.52. The Morgan fingerprint density at radius 3 is 2.77 bits per heavy atom. The maximum Gasteiger partial charge on any atom is 0.270 e. The van der Waals surface area contributed by atoms with Crippen molar-refractivity contribution in [2.45, 2.75) is 0 Å². The number of halogens is 1. The van der Waals surface area contributed by atoms with E-state index in [-0.39, 0.29) is 17.2 Å². The molecule has 0 aliphatic carbocycles. The second kappa shape index (κ2) is 4.17. The van der Waals surface area contributed by atoms with Gasteiger partial charge in [0.25, 0.3) is 11.6 Å². The van der Waals surface area contributed by atoms with E-state index in [9.17, 15) is 14.9 Å². The number of non-ortho nitro benzene ring substituents is 1. The Balaban J connectivity index is 3.05. The first kappa shape index (κ1) is 9.90. The van der Waals surface area contributed by atoms with E-state index in [2.05, 4.69) is 3.53 Å². The number of amides is 1.